The van der Waals surface area contributed by atoms with Crippen LogP contribution in [0.25, 0.3) is 0 Å². The van der Waals surface area contributed by atoms with E-state index in [-0.39, 0.29) is 30.3 Å². The summed E-state index contributed by atoms with van der Waals surface area (Å²) in [4.78, 5) is 23.9. The summed E-state index contributed by atoms with van der Waals surface area (Å²) in [5.74, 6) is 1.96. The molecule has 0 aromatic carbocycles. The zero-order chi connectivity index (χ0) is 18.5. The van der Waals surface area contributed by atoms with E-state index >= 15 is 0 Å². The molecule has 0 spiro atoms. The number of pyridine rings is 1. The van der Waals surface area contributed by atoms with Crippen LogP contribution in [0, 0.1) is 11.8 Å². The van der Waals surface area contributed by atoms with Gasteiger partial charge in [-0.1, -0.05) is 19.9 Å². The molecule has 0 bridgehead atoms. The maximum Gasteiger partial charge on any atom is 0.239 e. The number of amides is 1. The van der Waals surface area contributed by atoms with E-state index in [1.165, 1.54) is 6.42 Å². The Morgan fingerprint density at radius 1 is 1.22 bits per heavy atom. The number of piperidine rings is 1. The summed E-state index contributed by atoms with van der Waals surface area (Å²) in [5, 5.41) is 0. The van der Waals surface area contributed by atoms with Crippen LogP contribution >= 0.6 is 12.4 Å². The molecule has 2 atom stereocenters. The van der Waals surface area contributed by atoms with Gasteiger partial charge in [0.15, 0.2) is 0 Å². The van der Waals surface area contributed by atoms with Crippen molar-refractivity contribution in [2.45, 2.75) is 32.7 Å². The van der Waals surface area contributed by atoms with Crippen LogP contribution in [0.4, 0.5) is 5.82 Å². The standard InChI is InChI=1S/C20H33N5O.ClH/c1-16(2)19(21)20(26)25-9-5-6-17(15-25)14-23-10-12-24(13-11-23)18-7-3-4-8-22-18;/h3-4,7-8,16-17,19H,5-6,9-15,21H2,1-2H3;1H/t17?,19-;/m0./s1. The zero-order valence-corrected chi connectivity index (χ0v) is 17.4. The lowest BCUT2D eigenvalue weighted by atomic mass is 9.95. The predicted molar refractivity (Wildman–Crippen MR) is 112 cm³/mol. The first-order chi connectivity index (χ1) is 12.5. The third-order valence-corrected chi connectivity index (χ3v) is 5.70. The van der Waals surface area contributed by atoms with Crippen LogP contribution in [-0.4, -0.2) is 72.5 Å². The minimum atomic E-state index is -0.365. The fourth-order valence-electron chi connectivity index (χ4n) is 3.98. The van der Waals surface area contributed by atoms with Crippen molar-refractivity contribution in [3.63, 3.8) is 0 Å². The number of hydrogen-bond donors (Lipinski definition) is 1. The summed E-state index contributed by atoms with van der Waals surface area (Å²) in [6.07, 6.45) is 4.16. The van der Waals surface area contributed by atoms with E-state index in [4.69, 9.17) is 5.73 Å². The van der Waals surface area contributed by atoms with Gasteiger partial charge in [-0.15, -0.1) is 12.4 Å². The third kappa shape index (κ3) is 5.80. The van der Waals surface area contributed by atoms with E-state index in [0.717, 1.165) is 58.1 Å². The maximum absolute atomic E-state index is 12.6. The van der Waals surface area contributed by atoms with Gasteiger partial charge in [0.05, 0.1) is 6.04 Å². The molecule has 27 heavy (non-hydrogen) atoms. The molecule has 3 rings (SSSR count). The highest BCUT2D eigenvalue weighted by Crippen LogP contribution is 2.21. The number of hydrogen-bond acceptors (Lipinski definition) is 5. The molecule has 0 aliphatic carbocycles. The van der Waals surface area contributed by atoms with Gasteiger partial charge in [0.25, 0.3) is 0 Å². The van der Waals surface area contributed by atoms with Gasteiger partial charge in [-0.05, 0) is 36.8 Å². The Morgan fingerprint density at radius 2 is 1.96 bits per heavy atom. The van der Waals surface area contributed by atoms with Crippen molar-refractivity contribution in [3.8, 4) is 0 Å². The minimum Gasteiger partial charge on any atom is -0.354 e. The van der Waals surface area contributed by atoms with E-state index in [2.05, 4.69) is 20.9 Å². The Balaban J connectivity index is 0.00000261. The molecule has 1 unspecified atom stereocenters. The minimum absolute atomic E-state index is 0. The van der Waals surface area contributed by atoms with Gasteiger partial charge in [-0.25, -0.2) is 4.98 Å². The van der Waals surface area contributed by atoms with Crippen LogP contribution in [0.15, 0.2) is 24.4 Å². The van der Waals surface area contributed by atoms with Crippen LogP contribution < -0.4 is 10.6 Å². The van der Waals surface area contributed by atoms with Crippen LogP contribution in [0.5, 0.6) is 0 Å². The van der Waals surface area contributed by atoms with Gasteiger partial charge in [0.1, 0.15) is 5.82 Å². The molecule has 2 N–H and O–H groups in total. The molecule has 152 valence electrons. The molecule has 2 saturated heterocycles. The number of anilines is 1. The number of nitrogens with zero attached hydrogens (tertiary/aromatic N) is 4. The first-order valence-electron chi connectivity index (χ1n) is 9.97. The van der Waals surface area contributed by atoms with E-state index < -0.39 is 0 Å². The van der Waals surface area contributed by atoms with Gasteiger partial charge in [0, 0.05) is 52.0 Å². The van der Waals surface area contributed by atoms with Crippen molar-refractivity contribution in [3.05, 3.63) is 24.4 Å². The molecule has 1 amide bonds. The smallest absolute Gasteiger partial charge is 0.239 e. The third-order valence-electron chi connectivity index (χ3n) is 5.70. The summed E-state index contributed by atoms with van der Waals surface area (Å²) in [6, 6.07) is 5.72. The van der Waals surface area contributed by atoms with Gasteiger partial charge in [-0.2, -0.15) is 0 Å². The quantitative estimate of drug-likeness (QED) is 0.824. The second kappa shape index (κ2) is 10.2. The highest BCUT2D eigenvalue weighted by Gasteiger charge is 2.30. The average molecular weight is 396 g/mol. The Kier molecular flexibility index (Phi) is 8.32. The molecule has 3 heterocycles. The largest absolute Gasteiger partial charge is 0.354 e. The van der Waals surface area contributed by atoms with E-state index in [0.29, 0.717) is 5.92 Å². The highest BCUT2D eigenvalue weighted by molar-refractivity contribution is 5.85. The predicted octanol–water partition coefficient (Wildman–Crippen LogP) is 1.85. The van der Waals surface area contributed by atoms with Crippen molar-refractivity contribution in [2.75, 3.05) is 50.7 Å². The monoisotopic (exact) mass is 395 g/mol. The molecule has 2 aliphatic rings. The Morgan fingerprint density at radius 3 is 2.59 bits per heavy atom. The number of piperazine rings is 1. The van der Waals surface area contributed by atoms with Gasteiger partial charge < -0.3 is 15.5 Å². The molecule has 2 fully saturated rings. The molecular formula is C20H34ClN5O. The first-order valence-corrected chi connectivity index (χ1v) is 9.97. The fraction of sp³-hybridized carbons (Fsp3) is 0.700. The lowest BCUT2D eigenvalue weighted by molar-refractivity contribution is -0.135. The molecule has 1 aromatic rings. The summed E-state index contributed by atoms with van der Waals surface area (Å²) < 4.78 is 0. The number of rotatable bonds is 5. The number of halogens is 1. The second-order valence-corrected chi connectivity index (χ2v) is 8.04. The van der Waals surface area contributed by atoms with Crippen molar-refractivity contribution in [1.82, 2.24) is 14.8 Å². The number of aromatic nitrogens is 1. The van der Waals surface area contributed by atoms with Gasteiger partial charge >= 0.3 is 0 Å². The van der Waals surface area contributed by atoms with Crippen LogP contribution in [0.1, 0.15) is 26.7 Å². The van der Waals surface area contributed by atoms with E-state index in [1.54, 1.807) is 0 Å². The average Bonchev–Trinajstić information content (AvgIpc) is 2.68. The molecule has 6 nitrogen and oxygen atoms in total. The highest BCUT2D eigenvalue weighted by atomic mass is 35.5. The molecule has 1 aromatic heterocycles. The number of nitrogens with two attached hydrogens (primary N) is 1. The van der Waals surface area contributed by atoms with Crippen LogP contribution in [0.2, 0.25) is 0 Å². The number of likely N-dealkylation sites (tertiary alicyclic amines) is 1. The molecule has 2 aliphatic heterocycles. The van der Waals surface area contributed by atoms with Gasteiger partial charge in [-0.3, -0.25) is 9.69 Å². The Bertz CT molecular complexity index is 577. The van der Waals surface area contributed by atoms with E-state index in [1.807, 2.05) is 37.1 Å². The van der Waals surface area contributed by atoms with Gasteiger partial charge in [0.2, 0.25) is 5.91 Å². The van der Waals surface area contributed by atoms with Crippen molar-refractivity contribution >= 4 is 24.1 Å². The molecule has 0 radical (unpaired) electrons. The van der Waals surface area contributed by atoms with Crippen molar-refractivity contribution in [1.29, 1.82) is 0 Å². The lowest BCUT2D eigenvalue weighted by Crippen LogP contribution is -2.53. The summed E-state index contributed by atoms with van der Waals surface area (Å²) in [6.45, 7) is 11.0. The summed E-state index contributed by atoms with van der Waals surface area (Å²) in [7, 11) is 0. The van der Waals surface area contributed by atoms with Crippen LogP contribution in [-0.2, 0) is 4.79 Å². The topological polar surface area (TPSA) is 65.7 Å². The van der Waals surface area contributed by atoms with Crippen molar-refractivity contribution < 1.29 is 4.79 Å². The normalized spacial score (nSPS) is 22.4. The van der Waals surface area contributed by atoms with Crippen molar-refractivity contribution in [2.24, 2.45) is 17.6 Å². The SMILES string of the molecule is CC(C)[C@H](N)C(=O)N1CCCC(CN2CCN(c3ccccn3)CC2)C1.Cl. The molecule has 0 saturated carbocycles. The Labute approximate surface area is 169 Å². The number of carbonyl (C=O) groups is 1. The molecule has 7 heteroatoms. The Hall–Kier alpha value is -1.37. The van der Waals surface area contributed by atoms with E-state index in [9.17, 15) is 4.79 Å². The lowest BCUT2D eigenvalue weighted by Gasteiger charge is -2.40. The zero-order valence-electron chi connectivity index (χ0n) is 16.6. The first kappa shape index (κ1) is 21.9. The molecular weight excluding hydrogens is 362 g/mol. The summed E-state index contributed by atoms with van der Waals surface area (Å²) in [5.41, 5.74) is 6.08. The second-order valence-electron chi connectivity index (χ2n) is 8.04. The maximum atomic E-state index is 12.6. The summed E-state index contributed by atoms with van der Waals surface area (Å²) >= 11 is 0. The fourth-order valence-corrected chi connectivity index (χ4v) is 3.98. The number of carbonyl (C=O) groups excluding carboxylic acids is 1. The van der Waals surface area contributed by atoms with Crippen LogP contribution in [0.3, 0.4) is 0 Å².